The Bertz CT molecular complexity index is 1400. The third-order valence-electron chi connectivity index (χ3n) is 6.42. The second-order valence-electron chi connectivity index (χ2n) is 9.16. The van der Waals surface area contributed by atoms with Gasteiger partial charge >= 0.3 is 0 Å². The minimum atomic E-state index is -0.963. The maximum Gasteiger partial charge on any atom is 0.287 e. The number of Topliss-reactive ketones (excluding diaryl/α,β-unsaturated/α-hetero) is 1. The highest BCUT2D eigenvalue weighted by Crippen LogP contribution is 2.17. The summed E-state index contributed by atoms with van der Waals surface area (Å²) in [4.78, 5) is 47.1. The van der Waals surface area contributed by atoms with Crippen molar-refractivity contribution in [1.29, 1.82) is 0 Å². The molecule has 2 heterocycles. The van der Waals surface area contributed by atoms with Crippen molar-refractivity contribution >= 4 is 28.6 Å². The Morgan fingerprint density at radius 2 is 1.58 bits per heavy atom. The van der Waals surface area contributed by atoms with E-state index in [0.717, 1.165) is 11.1 Å². The molecule has 1 aromatic heterocycles. The van der Waals surface area contributed by atoms with Crippen LogP contribution >= 0.6 is 0 Å². The molecule has 3 N–H and O–H groups in total. The normalized spacial score (nSPS) is 15.9. The van der Waals surface area contributed by atoms with Gasteiger partial charge in [0.1, 0.15) is 17.9 Å². The number of fused-ring (bicyclic) bond motifs is 1. The first-order chi connectivity index (χ1) is 18.5. The average molecular weight is 513 g/mol. The molecule has 9 nitrogen and oxygen atoms in total. The smallest absolute Gasteiger partial charge is 0.287 e. The van der Waals surface area contributed by atoms with Gasteiger partial charge in [-0.25, -0.2) is 4.98 Å². The van der Waals surface area contributed by atoms with E-state index in [-0.39, 0.29) is 18.0 Å². The number of methoxy groups -OCH3 is 1. The number of aromatic amines is 1. The molecular weight excluding hydrogens is 484 g/mol. The topological polar surface area (TPSA) is 126 Å². The number of ether oxygens (including phenoxy) is 2. The summed E-state index contributed by atoms with van der Waals surface area (Å²) in [5.41, 5.74) is 3.08. The third kappa shape index (κ3) is 6.07. The van der Waals surface area contributed by atoms with Gasteiger partial charge in [0, 0.05) is 6.42 Å². The molecule has 1 fully saturated rings. The number of H-pyrrole nitrogens is 1. The molecule has 4 aromatic rings. The van der Waals surface area contributed by atoms with Gasteiger partial charge in [-0.1, -0.05) is 54.6 Å². The zero-order chi connectivity index (χ0) is 26.5. The zero-order valence-corrected chi connectivity index (χ0v) is 20.8. The fourth-order valence-corrected chi connectivity index (χ4v) is 4.28. The molecule has 0 spiro atoms. The van der Waals surface area contributed by atoms with E-state index in [9.17, 15) is 14.4 Å². The van der Waals surface area contributed by atoms with Crippen LogP contribution in [0.1, 0.15) is 21.7 Å². The van der Waals surface area contributed by atoms with Crippen molar-refractivity contribution in [2.75, 3.05) is 13.7 Å². The van der Waals surface area contributed by atoms with Crippen molar-refractivity contribution < 1.29 is 23.9 Å². The predicted molar refractivity (Wildman–Crippen MR) is 141 cm³/mol. The Morgan fingerprint density at radius 3 is 2.26 bits per heavy atom. The Morgan fingerprint density at radius 1 is 0.921 bits per heavy atom. The summed E-state index contributed by atoms with van der Waals surface area (Å²) in [6.45, 7) is 0.345. The van der Waals surface area contributed by atoms with Crippen LogP contribution in [0.25, 0.3) is 11.0 Å². The highest BCUT2D eigenvalue weighted by atomic mass is 16.6. The molecule has 38 heavy (non-hydrogen) atoms. The predicted octanol–water partition coefficient (Wildman–Crippen LogP) is 2.61. The lowest BCUT2D eigenvalue weighted by Gasteiger charge is -2.23. The number of ketones is 1. The molecule has 1 saturated heterocycles. The molecule has 1 aliphatic heterocycles. The van der Waals surface area contributed by atoms with E-state index in [0.29, 0.717) is 29.8 Å². The fraction of sp³-hybridized carbons (Fsp3) is 0.241. The standard InChI is InChI=1S/C29H28N4O5/c1-37-20-13-11-19(12-14-20)16-24(33-29(36)27-30-21-9-5-6-10-22(21)31-27)28(35)32-23(26(34)25-17-38-25)15-18-7-3-2-4-8-18/h2-14,23-25H,15-17H2,1H3,(H,30,31)(H,32,35)(H,33,36)/t23-,24-,25+/m0/s1. The van der Waals surface area contributed by atoms with Crippen LogP contribution in [-0.4, -0.2) is 59.5 Å². The van der Waals surface area contributed by atoms with Gasteiger partial charge in [0.25, 0.3) is 5.91 Å². The van der Waals surface area contributed by atoms with Gasteiger partial charge in [0.05, 0.1) is 30.8 Å². The molecule has 0 saturated carbocycles. The second-order valence-corrected chi connectivity index (χ2v) is 9.16. The number of para-hydroxylation sites is 2. The molecule has 1 aliphatic rings. The van der Waals surface area contributed by atoms with Crippen LogP contribution in [0.5, 0.6) is 5.75 Å². The Kier molecular flexibility index (Phi) is 7.46. The number of hydrogen-bond acceptors (Lipinski definition) is 6. The molecule has 3 aromatic carbocycles. The van der Waals surface area contributed by atoms with Gasteiger partial charge in [-0.3, -0.25) is 14.4 Å². The van der Waals surface area contributed by atoms with Crippen LogP contribution in [-0.2, 0) is 27.2 Å². The van der Waals surface area contributed by atoms with Crippen LogP contribution < -0.4 is 15.4 Å². The number of hydrogen-bond donors (Lipinski definition) is 3. The summed E-state index contributed by atoms with van der Waals surface area (Å²) in [6.07, 6.45) is 0.000594. The summed E-state index contributed by atoms with van der Waals surface area (Å²) < 4.78 is 10.4. The largest absolute Gasteiger partial charge is 0.497 e. The van der Waals surface area contributed by atoms with E-state index in [2.05, 4.69) is 20.6 Å². The lowest BCUT2D eigenvalue weighted by molar-refractivity contribution is -0.129. The van der Waals surface area contributed by atoms with E-state index in [4.69, 9.17) is 9.47 Å². The molecule has 0 radical (unpaired) electrons. The quantitative estimate of drug-likeness (QED) is 0.265. The van der Waals surface area contributed by atoms with E-state index in [1.807, 2.05) is 60.7 Å². The number of epoxide rings is 1. The number of carbonyl (C=O) groups excluding carboxylic acids is 3. The highest BCUT2D eigenvalue weighted by molar-refractivity contribution is 5.99. The first-order valence-electron chi connectivity index (χ1n) is 12.4. The monoisotopic (exact) mass is 512 g/mol. The van der Waals surface area contributed by atoms with Crippen molar-refractivity contribution in [1.82, 2.24) is 20.6 Å². The Labute approximate surface area is 219 Å². The number of nitrogens with one attached hydrogen (secondary N) is 3. The van der Waals surface area contributed by atoms with Gasteiger partial charge in [-0.2, -0.15) is 0 Å². The van der Waals surface area contributed by atoms with Crippen molar-refractivity contribution in [3.05, 3.63) is 95.8 Å². The summed E-state index contributed by atoms with van der Waals surface area (Å²) in [6, 6.07) is 22.2. The summed E-state index contributed by atoms with van der Waals surface area (Å²) in [5, 5.41) is 5.68. The minimum Gasteiger partial charge on any atom is -0.497 e. The zero-order valence-electron chi connectivity index (χ0n) is 20.8. The van der Waals surface area contributed by atoms with Crippen molar-refractivity contribution in [3.8, 4) is 5.75 Å². The van der Waals surface area contributed by atoms with Crippen molar-refractivity contribution in [2.24, 2.45) is 0 Å². The lowest BCUT2D eigenvalue weighted by atomic mass is 9.99. The number of amides is 2. The highest BCUT2D eigenvalue weighted by Gasteiger charge is 2.38. The van der Waals surface area contributed by atoms with Gasteiger partial charge < -0.3 is 25.1 Å². The fourth-order valence-electron chi connectivity index (χ4n) is 4.28. The van der Waals surface area contributed by atoms with Crippen LogP contribution in [0.2, 0.25) is 0 Å². The number of rotatable bonds is 11. The number of imidazole rings is 1. The summed E-state index contributed by atoms with van der Waals surface area (Å²) >= 11 is 0. The van der Waals surface area contributed by atoms with E-state index >= 15 is 0 Å². The van der Waals surface area contributed by atoms with E-state index < -0.39 is 30.0 Å². The molecule has 0 aliphatic carbocycles. The van der Waals surface area contributed by atoms with Gasteiger partial charge in [-0.15, -0.1) is 0 Å². The van der Waals surface area contributed by atoms with E-state index in [1.54, 1.807) is 25.3 Å². The maximum atomic E-state index is 13.6. The van der Waals surface area contributed by atoms with Crippen molar-refractivity contribution in [2.45, 2.75) is 31.0 Å². The summed E-state index contributed by atoms with van der Waals surface area (Å²) in [5.74, 6) is -0.401. The number of nitrogens with zero attached hydrogens (tertiary/aromatic N) is 1. The molecule has 0 unspecified atom stereocenters. The molecule has 5 rings (SSSR count). The Balaban J connectivity index is 1.37. The SMILES string of the molecule is COc1ccc(C[C@H](NC(=O)c2nc3ccccc3[nH]2)C(=O)N[C@@H](Cc2ccccc2)C(=O)[C@H]2CO2)cc1. The Hall–Kier alpha value is -4.50. The third-order valence-corrected chi connectivity index (χ3v) is 6.42. The average Bonchev–Trinajstić information content (AvgIpc) is 3.70. The molecular formula is C29H28N4O5. The molecule has 194 valence electrons. The first kappa shape index (κ1) is 25.2. The number of benzene rings is 3. The lowest BCUT2D eigenvalue weighted by Crippen LogP contribution is -2.53. The van der Waals surface area contributed by atoms with E-state index in [1.165, 1.54) is 0 Å². The molecule has 2 amide bonds. The number of carbonyl (C=O) groups is 3. The second kappa shape index (κ2) is 11.3. The van der Waals surface area contributed by atoms with Crippen LogP contribution in [0.4, 0.5) is 0 Å². The van der Waals surface area contributed by atoms with Crippen LogP contribution in [0, 0.1) is 0 Å². The van der Waals surface area contributed by atoms with Gasteiger partial charge in [-0.05, 0) is 41.8 Å². The summed E-state index contributed by atoms with van der Waals surface area (Å²) in [7, 11) is 1.58. The molecule has 9 heteroatoms. The molecule has 3 atom stereocenters. The minimum absolute atomic E-state index is 0.0991. The number of aromatic nitrogens is 2. The van der Waals surface area contributed by atoms with Gasteiger partial charge in [0.15, 0.2) is 11.6 Å². The first-order valence-corrected chi connectivity index (χ1v) is 12.4. The van der Waals surface area contributed by atoms with Gasteiger partial charge in [0.2, 0.25) is 5.91 Å². The van der Waals surface area contributed by atoms with Crippen molar-refractivity contribution in [3.63, 3.8) is 0 Å². The van der Waals surface area contributed by atoms with Crippen LogP contribution in [0.15, 0.2) is 78.9 Å². The molecule has 0 bridgehead atoms. The van der Waals surface area contributed by atoms with Crippen LogP contribution in [0.3, 0.4) is 0 Å². The maximum absolute atomic E-state index is 13.6.